The molecule has 0 radical (unpaired) electrons. The van der Waals surface area contributed by atoms with E-state index in [2.05, 4.69) is 31.5 Å². The van der Waals surface area contributed by atoms with Gasteiger partial charge in [-0.05, 0) is 48.5 Å². The first kappa shape index (κ1) is 16.1. The Morgan fingerprint density at radius 1 is 1.00 bits per heavy atom. The fourth-order valence-electron chi connectivity index (χ4n) is 2.11. The summed E-state index contributed by atoms with van der Waals surface area (Å²) in [5.74, 6) is -0.455. The minimum absolute atomic E-state index is 0.258. The van der Waals surface area contributed by atoms with Crippen molar-refractivity contribution < 1.29 is 9.18 Å². The molecule has 0 atom stereocenters. The molecule has 4 nitrogen and oxygen atoms in total. The highest BCUT2D eigenvalue weighted by molar-refractivity contribution is 9.10. The fraction of sp³-hybridized carbons (Fsp3) is 0. The van der Waals surface area contributed by atoms with E-state index in [4.69, 9.17) is 0 Å². The highest BCUT2D eigenvalue weighted by atomic mass is 79.9. The van der Waals surface area contributed by atoms with Gasteiger partial charge in [-0.15, -0.1) is 0 Å². The minimum Gasteiger partial charge on any atom is -0.337 e. The number of aromatic nitrogens is 1. The molecule has 0 saturated heterocycles. The largest absolute Gasteiger partial charge is 0.337 e. The maximum Gasteiger partial charge on any atom is 0.259 e. The predicted molar refractivity (Wildman–Crippen MR) is 96.0 cm³/mol. The summed E-state index contributed by atoms with van der Waals surface area (Å²) in [6.07, 6.45) is 1.54. The summed E-state index contributed by atoms with van der Waals surface area (Å²) in [6, 6.07) is 16.7. The first-order valence-corrected chi connectivity index (χ1v) is 7.96. The summed E-state index contributed by atoms with van der Waals surface area (Å²) in [4.78, 5) is 16.6. The van der Waals surface area contributed by atoms with Crippen LogP contribution >= 0.6 is 15.9 Å². The molecule has 1 amide bonds. The van der Waals surface area contributed by atoms with E-state index in [0.717, 1.165) is 4.47 Å². The lowest BCUT2D eigenvalue weighted by molar-refractivity contribution is 0.102. The predicted octanol–water partition coefficient (Wildman–Crippen LogP) is 4.98. The zero-order chi connectivity index (χ0) is 16.9. The second kappa shape index (κ2) is 7.23. The number of para-hydroxylation sites is 1. The van der Waals surface area contributed by atoms with Crippen LogP contribution in [0.4, 0.5) is 21.6 Å². The third-order valence-corrected chi connectivity index (χ3v) is 3.81. The number of nitrogens with one attached hydrogen (secondary N) is 2. The summed E-state index contributed by atoms with van der Waals surface area (Å²) >= 11 is 3.34. The molecular formula is C18H13BrFN3O. The molecule has 0 aliphatic rings. The molecule has 3 aromatic rings. The van der Waals surface area contributed by atoms with Gasteiger partial charge in [-0.25, -0.2) is 9.37 Å². The molecule has 0 saturated carbocycles. The summed E-state index contributed by atoms with van der Waals surface area (Å²) < 4.78 is 14.7. The van der Waals surface area contributed by atoms with Crippen LogP contribution in [0, 0.1) is 5.82 Å². The van der Waals surface area contributed by atoms with Crippen LogP contribution < -0.4 is 10.6 Å². The quantitative estimate of drug-likeness (QED) is 0.665. The average molecular weight is 386 g/mol. The van der Waals surface area contributed by atoms with Crippen molar-refractivity contribution in [2.75, 3.05) is 10.6 Å². The van der Waals surface area contributed by atoms with Crippen LogP contribution in [0.1, 0.15) is 10.4 Å². The van der Waals surface area contributed by atoms with Crippen LogP contribution in [0.5, 0.6) is 0 Å². The average Bonchev–Trinajstić information content (AvgIpc) is 2.59. The topological polar surface area (TPSA) is 54.0 Å². The molecule has 24 heavy (non-hydrogen) atoms. The Bertz CT molecular complexity index is 868. The van der Waals surface area contributed by atoms with E-state index < -0.39 is 5.82 Å². The first-order chi connectivity index (χ1) is 11.6. The van der Waals surface area contributed by atoms with E-state index in [9.17, 15) is 9.18 Å². The molecule has 1 aromatic heterocycles. The number of amides is 1. The maximum absolute atomic E-state index is 13.8. The Morgan fingerprint density at radius 3 is 2.50 bits per heavy atom. The summed E-state index contributed by atoms with van der Waals surface area (Å²) in [5, 5.41) is 5.65. The Labute approximate surface area is 146 Å². The number of anilines is 3. The number of hydrogen-bond donors (Lipinski definition) is 2. The van der Waals surface area contributed by atoms with Crippen LogP contribution in [0.15, 0.2) is 71.3 Å². The van der Waals surface area contributed by atoms with Gasteiger partial charge in [0.05, 0.1) is 11.3 Å². The number of pyridine rings is 1. The standard InChI is InChI=1S/C18H13BrFN3O/c19-12-7-9-13(10-8-12)22-18(24)14-4-3-11-21-17(14)23-16-6-2-1-5-15(16)20/h1-11H,(H,21,23)(H,22,24). The van der Waals surface area contributed by atoms with Gasteiger partial charge in [0.1, 0.15) is 11.6 Å². The van der Waals surface area contributed by atoms with Crippen molar-refractivity contribution in [1.29, 1.82) is 0 Å². The molecule has 0 aliphatic heterocycles. The zero-order valence-corrected chi connectivity index (χ0v) is 14.0. The summed E-state index contributed by atoms with van der Waals surface area (Å²) in [5.41, 5.74) is 1.24. The molecule has 0 fully saturated rings. The van der Waals surface area contributed by atoms with Crippen LogP contribution in [-0.2, 0) is 0 Å². The highest BCUT2D eigenvalue weighted by Gasteiger charge is 2.14. The van der Waals surface area contributed by atoms with E-state index in [1.165, 1.54) is 6.07 Å². The normalized spacial score (nSPS) is 10.2. The van der Waals surface area contributed by atoms with Crippen LogP contribution in [0.3, 0.4) is 0 Å². The molecule has 2 N–H and O–H groups in total. The molecule has 0 bridgehead atoms. The van der Waals surface area contributed by atoms with Gasteiger partial charge in [-0.3, -0.25) is 4.79 Å². The number of rotatable bonds is 4. The van der Waals surface area contributed by atoms with Gasteiger partial charge in [0.25, 0.3) is 5.91 Å². The van der Waals surface area contributed by atoms with E-state index in [0.29, 0.717) is 11.3 Å². The lowest BCUT2D eigenvalue weighted by Crippen LogP contribution is -2.14. The Hall–Kier alpha value is -2.73. The van der Waals surface area contributed by atoms with Gasteiger partial charge in [0, 0.05) is 16.4 Å². The maximum atomic E-state index is 13.8. The molecule has 0 unspecified atom stereocenters. The second-order valence-electron chi connectivity index (χ2n) is 4.97. The van der Waals surface area contributed by atoms with Gasteiger partial charge in [0.15, 0.2) is 0 Å². The molecular weight excluding hydrogens is 373 g/mol. The molecule has 2 aromatic carbocycles. The smallest absolute Gasteiger partial charge is 0.259 e. The SMILES string of the molecule is O=C(Nc1ccc(Br)cc1)c1cccnc1Nc1ccccc1F. The third-order valence-electron chi connectivity index (χ3n) is 3.28. The van der Waals surface area contributed by atoms with Gasteiger partial charge < -0.3 is 10.6 Å². The number of benzene rings is 2. The molecule has 6 heteroatoms. The Kier molecular flexibility index (Phi) is 4.86. The first-order valence-electron chi connectivity index (χ1n) is 7.17. The van der Waals surface area contributed by atoms with Crippen LogP contribution in [-0.4, -0.2) is 10.9 Å². The Morgan fingerprint density at radius 2 is 1.75 bits per heavy atom. The summed E-state index contributed by atoms with van der Waals surface area (Å²) in [6.45, 7) is 0. The number of carbonyl (C=O) groups is 1. The number of halogens is 2. The number of hydrogen-bond acceptors (Lipinski definition) is 3. The molecule has 1 heterocycles. The van der Waals surface area contributed by atoms with Crippen molar-refractivity contribution in [2.45, 2.75) is 0 Å². The van der Waals surface area contributed by atoms with E-state index in [1.54, 1.807) is 48.7 Å². The fourth-order valence-corrected chi connectivity index (χ4v) is 2.37. The van der Waals surface area contributed by atoms with Crippen molar-refractivity contribution in [2.24, 2.45) is 0 Å². The zero-order valence-electron chi connectivity index (χ0n) is 12.5. The number of nitrogens with zero attached hydrogens (tertiary/aromatic N) is 1. The summed E-state index contributed by atoms with van der Waals surface area (Å²) in [7, 11) is 0. The van der Waals surface area contributed by atoms with Crippen molar-refractivity contribution in [3.05, 3.63) is 82.7 Å². The Balaban J connectivity index is 1.84. The molecule has 3 rings (SSSR count). The van der Waals surface area contributed by atoms with Gasteiger partial charge in [0.2, 0.25) is 0 Å². The molecule has 0 spiro atoms. The van der Waals surface area contributed by atoms with Gasteiger partial charge in [-0.2, -0.15) is 0 Å². The minimum atomic E-state index is -0.414. The molecule has 0 aliphatic carbocycles. The van der Waals surface area contributed by atoms with Crippen LogP contribution in [0.25, 0.3) is 0 Å². The van der Waals surface area contributed by atoms with Gasteiger partial charge >= 0.3 is 0 Å². The van der Waals surface area contributed by atoms with Crippen molar-refractivity contribution in [1.82, 2.24) is 4.98 Å². The van der Waals surface area contributed by atoms with E-state index in [1.807, 2.05) is 12.1 Å². The van der Waals surface area contributed by atoms with E-state index >= 15 is 0 Å². The highest BCUT2D eigenvalue weighted by Crippen LogP contribution is 2.22. The molecule has 120 valence electrons. The monoisotopic (exact) mass is 385 g/mol. The van der Waals surface area contributed by atoms with Crippen molar-refractivity contribution in [3.63, 3.8) is 0 Å². The lowest BCUT2D eigenvalue weighted by Gasteiger charge is -2.11. The second-order valence-corrected chi connectivity index (χ2v) is 5.88. The van der Waals surface area contributed by atoms with Crippen molar-refractivity contribution in [3.8, 4) is 0 Å². The third kappa shape index (κ3) is 3.78. The van der Waals surface area contributed by atoms with Crippen LogP contribution in [0.2, 0.25) is 0 Å². The van der Waals surface area contributed by atoms with Crippen molar-refractivity contribution >= 4 is 39.0 Å². The lowest BCUT2D eigenvalue weighted by atomic mass is 10.2. The van der Waals surface area contributed by atoms with Gasteiger partial charge in [-0.1, -0.05) is 28.1 Å². The van der Waals surface area contributed by atoms with E-state index in [-0.39, 0.29) is 17.4 Å². The number of carbonyl (C=O) groups excluding carboxylic acids is 1.